The monoisotopic (exact) mass is 514 g/mol. The van der Waals surface area contributed by atoms with E-state index in [9.17, 15) is 9.90 Å². The van der Waals surface area contributed by atoms with Gasteiger partial charge in [-0.2, -0.15) is 4.98 Å². The lowest BCUT2D eigenvalue weighted by Gasteiger charge is -2.34. The number of fused-ring (bicyclic) bond motifs is 1. The van der Waals surface area contributed by atoms with E-state index in [2.05, 4.69) is 39.3 Å². The molecule has 1 aliphatic heterocycles. The number of anilines is 3. The normalized spacial score (nSPS) is 17.1. The summed E-state index contributed by atoms with van der Waals surface area (Å²) in [5.41, 5.74) is 1.86. The first-order chi connectivity index (χ1) is 18.3. The maximum absolute atomic E-state index is 13.5. The fourth-order valence-electron chi connectivity index (χ4n) is 5.07. The average Bonchev–Trinajstić information content (AvgIpc) is 3.15. The van der Waals surface area contributed by atoms with Crippen LogP contribution in [0, 0.1) is 0 Å². The summed E-state index contributed by atoms with van der Waals surface area (Å²) in [4.78, 5) is 32.2. The lowest BCUT2D eigenvalue weighted by Crippen LogP contribution is -2.44. The van der Waals surface area contributed by atoms with Crippen molar-refractivity contribution in [1.82, 2.24) is 29.2 Å². The Kier molecular flexibility index (Phi) is 6.16. The number of nitrogens with one attached hydrogen (secondary N) is 1. The summed E-state index contributed by atoms with van der Waals surface area (Å²) in [6, 6.07) is 13.8. The highest BCUT2D eigenvalue weighted by Crippen LogP contribution is 2.33. The second-order valence-corrected chi connectivity index (χ2v) is 10.9. The summed E-state index contributed by atoms with van der Waals surface area (Å²) in [7, 11) is 2.15. The number of hydrogen-bond acceptors (Lipinski definition) is 8. The van der Waals surface area contributed by atoms with Gasteiger partial charge >= 0.3 is 0 Å². The van der Waals surface area contributed by atoms with Crippen molar-refractivity contribution in [3.63, 3.8) is 0 Å². The molecule has 1 aromatic carbocycles. The lowest BCUT2D eigenvalue weighted by molar-refractivity contribution is 0.0737. The summed E-state index contributed by atoms with van der Waals surface area (Å²) >= 11 is 0. The summed E-state index contributed by atoms with van der Waals surface area (Å²) in [6.07, 6.45) is 4.54. The quantitative estimate of drug-likeness (QED) is 0.403. The van der Waals surface area contributed by atoms with E-state index in [1.165, 1.54) is 5.69 Å². The van der Waals surface area contributed by atoms with Gasteiger partial charge in [0.05, 0.1) is 11.7 Å². The highest BCUT2D eigenvalue weighted by molar-refractivity contribution is 5.77. The lowest BCUT2D eigenvalue weighted by atomic mass is 9.93. The van der Waals surface area contributed by atoms with Gasteiger partial charge in [0.15, 0.2) is 11.5 Å². The molecule has 1 saturated carbocycles. The number of pyridine rings is 1. The van der Waals surface area contributed by atoms with Gasteiger partial charge in [-0.05, 0) is 76.6 Å². The topological polar surface area (TPSA) is 104 Å². The molecule has 0 amide bonds. The van der Waals surface area contributed by atoms with Gasteiger partial charge in [0.1, 0.15) is 11.0 Å². The molecule has 198 valence electrons. The molecule has 1 aliphatic carbocycles. The molecule has 0 spiro atoms. The van der Waals surface area contributed by atoms with Crippen molar-refractivity contribution in [1.29, 1.82) is 0 Å². The maximum Gasteiger partial charge on any atom is 0.278 e. The Morgan fingerprint density at radius 3 is 2.39 bits per heavy atom. The van der Waals surface area contributed by atoms with Crippen molar-refractivity contribution in [3.8, 4) is 5.82 Å². The Bertz CT molecular complexity index is 1510. The van der Waals surface area contributed by atoms with E-state index in [1.54, 1.807) is 35.5 Å². The van der Waals surface area contributed by atoms with Crippen LogP contribution in [0.2, 0.25) is 0 Å². The summed E-state index contributed by atoms with van der Waals surface area (Å²) in [5.74, 6) is 0.952. The minimum absolute atomic E-state index is 0.0859. The maximum atomic E-state index is 13.5. The molecule has 0 bridgehead atoms. The van der Waals surface area contributed by atoms with Crippen LogP contribution in [-0.2, 0) is 5.60 Å². The SMILES string of the molecule is CN1CCN(c2ccc(Nc3ncc4c(=O)n(C5CCC5)n(-c5cccc(C(C)(C)O)n5)c4n3)cc2)CC1. The molecule has 10 heteroatoms. The largest absolute Gasteiger partial charge is 0.384 e. The van der Waals surface area contributed by atoms with Crippen LogP contribution in [0.4, 0.5) is 17.3 Å². The third-order valence-electron chi connectivity index (χ3n) is 7.61. The van der Waals surface area contributed by atoms with Gasteiger partial charge in [-0.25, -0.2) is 19.3 Å². The number of nitrogens with zero attached hydrogens (tertiary/aromatic N) is 7. The third-order valence-corrected chi connectivity index (χ3v) is 7.61. The number of hydrogen-bond donors (Lipinski definition) is 2. The molecule has 1 saturated heterocycles. The Morgan fingerprint density at radius 1 is 1.00 bits per heavy atom. The molecule has 0 atom stereocenters. The standard InChI is InChI=1S/C28H34N8O2/c1-28(2,38)23-8-5-9-24(31-23)36-25-22(26(37)35(36)21-6-4-7-21)18-29-27(32-25)30-19-10-12-20(13-11-19)34-16-14-33(3)15-17-34/h5,8-13,18,21,38H,4,6-7,14-17H2,1-3H3,(H,29,30,32). The number of aliphatic hydroxyl groups is 1. The zero-order valence-corrected chi connectivity index (χ0v) is 22.1. The van der Waals surface area contributed by atoms with Gasteiger partial charge in [0, 0.05) is 43.8 Å². The van der Waals surface area contributed by atoms with Crippen LogP contribution in [0.25, 0.3) is 16.9 Å². The molecule has 2 N–H and O–H groups in total. The van der Waals surface area contributed by atoms with E-state index in [1.807, 2.05) is 24.3 Å². The zero-order valence-electron chi connectivity index (χ0n) is 22.1. The van der Waals surface area contributed by atoms with Gasteiger partial charge in [-0.3, -0.25) is 4.79 Å². The Labute approximate surface area is 221 Å². The molecule has 4 heterocycles. The van der Waals surface area contributed by atoms with E-state index < -0.39 is 5.60 Å². The van der Waals surface area contributed by atoms with Crippen LogP contribution >= 0.6 is 0 Å². The Morgan fingerprint density at radius 2 is 1.74 bits per heavy atom. The van der Waals surface area contributed by atoms with Crippen LogP contribution in [0.15, 0.2) is 53.5 Å². The molecule has 3 aromatic heterocycles. The van der Waals surface area contributed by atoms with Crippen LogP contribution in [0.1, 0.15) is 44.8 Å². The van der Waals surface area contributed by atoms with Crippen molar-refractivity contribution in [2.24, 2.45) is 0 Å². The molecule has 0 radical (unpaired) electrons. The second kappa shape index (κ2) is 9.52. The minimum atomic E-state index is -1.11. The first kappa shape index (κ1) is 24.6. The number of benzene rings is 1. The fourth-order valence-corrected chi connectivity index (χ4v) is 5.07. The van der Waals surface area contributed by atoms with Crippen molar-refractivity contribution in [3.05, 3.63) is 64.7 Å². The first-order valence-corrected chi connectivity index (χ1v) is 13.3. The number of aromatic nitrogens is 5. The van der Waals surface area contributed by atoms with Gasteiger partial charge < -0.3 is 20.2 Å². The van der Waals surface area contributed by atoms with Gasteiger partial charge in [-0.1, -0.05) is 6.07 Å². The van der Waals surface area contributed by atoms with Crippen molar-refractivity contribution in [2.45, 2.75) is 44.8 Å². The van der Waals surface area contributed by atoms with Crippen LogP contribution in [0.3, 0.4) is 0 Å². The number of piperazine rings is 1. The molecule has 38 heavy (non-hydrogen) atoms. The summed E-state index contributed by atoms with van der Waals surface area (Å²) < 4.78 is 3.55. The van der Waals surface area contributed by atoms with E-state index in [0.29, 0.717) is 28.5 Å². The number of rotatable bonds is 6. The molecule has 6 rings (SSSR count). The highest BCUT2D eigenvalue weighted by Gasteiger charge is 2.29. The van der Waals surface area contributed by atoms with E-state index in [-0.39, 0.29) is 11.6 Å². The smallest absolute Gasteiger partial charge is 0.278 e. The van der Waals surface area contributed by atoms with Crippen molar-refractivity contribution in [2.75, 3.05) is 43.4 Å². The molecular formula is C28H34N8O2. The van der Waals surface area contributed by atoms with E-state index in [4.69, 9.17) is 9.97 Å². The Hall–Kier alpha value is -3.76. The molecule has 2 fully saturated rings. The predicted octanol–water partition coefficient (Wildman–Crippen LogP) is 3.43. The fraction of sp³-hybridized carbons (Fsp3) is 0.429. The first-order valence-electron chi connectivity index (χ1n) is 13.3. The van der Waals surface area contributed by atoms with Gasteiger partial charge in [0.25, 0.3) is 5.56 Å². The van der Waals surface area contributed by atoms with Crippen molar-refractivity contribution >= 4 is 28.4 Å². The molecule has 2 aliphatic rings. The predicted molar refractivity (Wildman–Crippen MR) is 148 cm³/mol. The van der Waals surface area contributed by atoms with E-state index >= 15 is 0 Å². The summed E-state index contributed by atoms with van der Waals surface area (Å²) in [6.45, 7) is 7.55. The molecule has 4 aromatic rings. The van der Waals surface area contributed by atoms with Gasteiger partial charge in [0.2, 0.25) is 5.95 Å². The highest BCUT2D eigenvalue weighted by atomic mass is 16.3. The van der Waals surface area contributed by atoms with Gasteiger partial charge in [-0.15, -0.1) is 0 Å². The van der Waals surface area contributed by atoms with Crippen LogP contribution in [0.5, 0.6) is 0 Å². The van der Waals surface area contributed by atoms with Crippen LogP contribution < -0.4 is 15.8 Å². The van der Waals surface area contributed by atoms with Crippen LogP contribution in [-0.4, -0.2) is 67.5 Å². The molecule has 0 unspecified atom stereocenters. The molecule has 10 nitrogen and oxygen atoms in total. The minimum Gasteiger partial charge on any atom is -0.384 e. The summed E-state index contributed by atoms with van der Waals surface area (Å²) in [5, 5.41) is 14.3. The third kappa shape index (κ3) is 4.54. The average molecular weight is 515 g/mol. The Balaban J connectivity index is 1.36. The zero-order chi connectivity index (χ0) is 26.4. The number of likely N-dealkylation sites (N-methyl/N-ethyl adjacent to an activating group) is 1. The van der Waals surface area contributed by atoms with E-state index in [0.717, 1.165) is 51.1 Å². The second-order valence-electron chi connectivity index (χ2n) is 10.9. The molecular weight excluding hydrogens is 480 g/mol. The van der Waals surface area contributed by atoms with Crippen molar-refractivity contribution < 1.29 is 5.11 Å².